The maximum absolute atomic E-state index is 6.16. The highest BCUT2D eigenvalue weighted by molar-refractivity contribution is 6.31. The maximum atomic E-state index is 6.16. The first kappa shape index (κ1) is 15.1. The minimum Gasteiger partial charge on any atom is -0.311 e. The molecule has 2 unspecified atom stereocenters. The molecule has 0 aromatic heterocycles. The van der Waals surface area contributed by atoms with Crippen molar-refractivity contribution in [1.82, 2.24) is 10.2 Å². The number of halogens is 3. The third-order valence-electron chi connectivity index (χ3n) is 3.50. The van der Waals surface area contributed by atoms with E-state index in [2.05, 4.69) is 22.3 Å². The molecule has 96 valence electrons. The van der Waals surface area contributed by atoms with Crippen molar-refractivity contribution in [3.05, 3.63) is 34.9 Å². The summed E-state index contributed by atoms with van der Waals surface area (Å²) in [7, 11) is 0. The van der Waals surface area contributed by atoms with Gasteiger partial charge in [-0.25, -0.2) is 0 Å². The molecular weight excluding hydrogens is 279 g/mol. The highest BCUT2D eigenvalue weighted by Crippen LogP contribution is 2.26. The lowest BCUT2D eigenvalue weighted by molar-refractivity contribution is 0.218. The molecule has 5 heteroatoms. The predicted octanol–water partition coefficient (Wildman–Crippen LogP) is 2.73. The zero-order valence-electron chi connectivity index (χ0n) is 9.43. The SMILES string of the molecule is Cl.Cl.Clc1ccccc1CN1CC2CC1CN2. The molecular formula is C12H17Cl3N2. The molecule has 1 aromatic rings. The van der Waals surface area contributed by atoms with E-state index < -0.39 is 0 Å². The number of rotatable bonds is 2. The molecule has 2 atom stereocenters. The molecule has 17 heavy (non-hydrogen) atoms. The van der Waals surface area contributed by atoms with Crippen LogP contribution in [-0.4, -0.2) is 30.1 Å². The van der Waals surface area contributed by atoms with Crippen LogP contribution < -0.4 is 5.32 Å². The quantitative estimate of drug-likeness (QED) is 0.902. The Bertz CT molecular complexity index is 373. The van der Waals surface area contributed by atoms with E-state index in [1.807, 2.05) is 12.1 Å². The highest BCUT2D eigenvalue weighted by Gasteiger charge is 2.37. The number of hydrogen-bond acceptors (Lipinski definition) is 2. The van der Waals surface area contributed by atoms with E-state index in [-0.39, 0.29) is 24.8 Å². The van der Waals surface area contributed by atoms with Crippen molar-refractivity contribution in [2.45, 2.75) is 25.0 Å². The van der Waals surface area contributed by atoms with Crippen LogP contribution in [0.4, 0.5) is 0 Å². The summed E-state index contributed by atoms with van der Waals surface area (Å²) in [5.41, 5.74) is 1.26. The van der Waals surface area contributed by atoms with Crippen molar-refractivity contribution in [2.24, 2.45) is 0 Å². The van der Waals surface area contributed by atoms with Gasteiger partial charge in [0.2, 0.25) is 0 Å². The zero-order chi connectivity index (χ0) is 10.3. The second kappa shape index (κ2) is 6.26. The Morgan fingerprint density at radius 1 is 1.29 bits per heavy atom. The molecule has 2 nitrogen and oxygen atoms in total. The summed E-state index contributed by atoms with van der Waals surface area (Å²) >= 11 is 6.16. The van der Waals surface area contributed by atoms with Crippen LogP contribution >= 0.6 is 36.4 Å². The smallest absolute Gasteiger partial charge is 0.0451 e. The van der Waals surface area contributed by atoms with Gasteiger partial charge in [0.25, 0.3) is 0 Å². The maximum Gasteiger partial charge on any atom is 0.0451 e. The van der Waals surface area contributed by atoms with E-state index >= 15 is 0 Å². The Morgan fingerprint density at radius 3 is 2.65 bits per heavy atom. The Balaban J connectivity index is 0.000000722. The first-order chi connectivity index (χ1) is 7.33. The molecule has 2 aliphatic rings. The lowest BCUT2D eigenvalue weighted by Gasteiger charge is -2.27. The summed E-state index contributed by atoms with van der Waals surface area (Å²) in [6, 6.07) is 9.60. The third-order valence-corrected chi connectivity index (χ3v) is 3.87. The van der Waals surface area contributed by atoms with Gasteiger partial charge in [0.1, 0.15) is 0 Å². The van der Waals surface area contributed by atoms with Gasteiger partial charge in [0, 0.05) is 36.7 Å². The summed E-state index contributed by atoms with van der Waals surface area (Å²) in [4.78, 5) is 2.54. The molecule has 2 saturated heterocycles. The van der Waals surface area contributed by atoms with Crippen LogP contribution in [0, 0.1) is 0 Å². The van der Waals surface area contributed by atoms with Crippen molar-refractivity contribution in [2.75, 3.05) is 13.1 Å². The van der Waals surface area contributed by atoms with Crippen LogP contribution in [0.2, 0.25) is 5.02 Å². The summed E-state index contributed by atoms with van der Waals surface area (Å²) in [6.45, 7) is 3.33. The van der Waals surface area contributed by atoms with Gasteiger partial charge in [-0.15, -0.1) is 24.8 Å². The van der Waals surface area contributed by atoms with Crippen LogP contribution in [0.1, 0.15) is 12.0 Å². The van der Waals surface area contributed by atoms with Gasteiger partial charge in [-0.2, -0.15) is 0 Å². The summed E-state index contributed by atoms with van der Waals surface area (Å²) < 4.78 is 0. The highest BCUT2D eigenvalue weighted by atomic mass is 35.5. The molecule has 1 N–H and O–H groups in total. The average molecular weight is 296 g/mol. The Kier molecular flexibility index (Phi) is 5.55. The number of likely N-dealkylation sites (tertiary alicyclic amines) is 1. The van der Waals surface area contributed by atoms with Crippen molar-refractivity contribution >= 4 is 36.4 Å². The lowest BCUT2D eigenvalue weighted by atomic mass is 10.2. The molecule has 0 aliphatic carbocycles. The topological polar surface area (TPSA) is 15.3 Å². The molecule has 1 aromatic carbocycles. The van der Waals surface area contributed by atoms with E-state index in [9.17, 15) is 0 Å². The standard InChI is InChI=1S/C12H15ClN2.2ClH/c13-12-4-2-1-3-9(12)7-15-8-10-5-11(15)6-14-10;;/h1-4,10-11,14H,5-8H2;2*1H. The largest absolute Gasteiger partial charge is 0.311 e. The van der Waals surface area contributed by atoms with Crippen LogP contribution in [0.15, 0.2) is 24.3 Å². The average Bonchev–Trinajstić information content (AvgIpc) is 2.83. The molecule has 0 amide bonds. The van der Waals surface area contributed by atoms with Crippen molar-refractivity contribution in [1.29, 1.82) is 0 Å². The van der Waals surface area contributed by atoms with Gasteiger partial charge >= 0.3 is 0 Å². The molecule has 2 bridgehead atoms. The van der Waals surface area contributed by atoms with Gasteiger partial charge in [-0.3, -0.25) is 4.90 Å². The monoisotopic (exact) mass is 294 g/mol. The third kappa shape index (κ3) is 3.07. The van der Waals surface area contributed by atoms with Crippen LogP contribution in [0.5, 0.6) is 0 Å². The fourth-order valence-corrected chi connectivity index (χ4v) is 2.88. The minimum absolute atomic E-state index is 0. The molecule has 0 saturated carbocycles. The number of hydrogen-bond donors (Lipinski definition) is 1. The Hall–Kier alpha value is 0.01000. The number of benzene rings is 1. The Morgan fingerprint density at radius 2 is 2.06 bits per heavy atom. The van der Waals surface area contributed by atoms with Crippen LogP contribution in [0.3, 0.4) is 0 Å². The molecule has 0 radical (unpaired) electrons. The van der Waals surface area contributed by atoms with Gasteiger partial charge < -0.3 is 5.32 Å². The van der Waals surface area contributed by atoms with E-state index in [1.165, 1.54) is 18.5 Å². The minimum atomic E-state index is 0. The first-order valence-corrected chi connectivity index (χ1v) is 5.91. The van der Waals surface area contributed by atoms with Gasteiger partial charge in [-0.1, -0.05) is 29.8 Å². The normalized spacial score (nSPS) is 26.4. The van der Waals surface area contributed by atoms with Gasteiger partial charge in [0.05, 0.1) is 0 Å². The number of nitrogens with one attached hydrogen (secondary N) is 1. The van der Waals surface area contributed by atoms with Crippen molar-refractivity contribution in [3.63, 3.8) is 0 Å². The van der Waals surface area contributed by atoms with E-state index in [0.717, 1.165) is 30.2 Å². The van der Waals surface area contributed by atoms with Gasteiger partial charge in [-0.05, 0) is 18.1 Å². The van der Waals surface area contributed by atoms with Crippen LogP contribution in [0.25, 0.3) is 0 Å². The first-order valence-electron chi connectivity index (χ1n) is 5.54. The number of nitrogens with zero attached hydrogens (tertiary/aromatic N) is 1. The molecule has 0 spiro atoms. The molecule has 2 heterocycles. The lowest BCUT2D eigenvalue weighted by Crippen LogP contribution is -2.42. The summed E-state index contributed by atoms with van der Waals surface area (Å²) in [5, 5.41) is 4.41. The van der Waals surface area contributed by atoms with E-state index in [1.54, 1.807) is 0 Å². The summed E-state index contributed by atoms with van der Waals surface area (Å²) in [5.74, 6) is 0. The summed E-state index contributed by atoms with van der Waals surface area (Å²) in [6.07, 6.45) is 1.31. The van der Waals surface area contributed by atoms with Crippen molar-refractivity contribution < 1.29 is 0 Å². The van der Waals surface area contributed by atoms with E-state index in [4.69, 9.17) is 11.6 Å². The number of fused-ring (bicyclic) bond motifs is 2. The fraction of sp³-hybridized carbons (Fsp3) is 0.500. The second-order valence-electron chi connectivity index (χ2n) is 4.52. The zero-order valence-corrected chi connectivity index (χ0v) is 11.8. The van der Waals surface area contributed by atoms with E-state index in [0.29, 0.717) is 0 Å². The molecule has 2 aliphatic heterocycles. The van der Waals surface area contributed by atoms with Crippen molar-refractivity contribution in [3.8, 4) is 0 Å². The number of piperazine rings is 1. The fourth-order valence-electron chi connectivity index (χ4n) is 2.69. The second-order valence-corrected chi connectivity index (χ2v) is 4.92. The molecule has 3 rings (SSSR count). The molecule has 2 fully saturated rings. The van der Waals surface area contributed by atoms with Crippen LogP contribution in [-0.2, 0) is 6.54 Å². The Labute approximate surface area is 120 Å². The predicted molar refractivity (Wildman–Crippen MR) is 76.6 cm³/mol. The van der Waals surface area contributed by atoms with Gasteiger partial charge in [0.15, 0.2) is 0 Å².